The topological polar surface area (TPSA) is 74.4 Å². The molecule has 1 aliphatic heterocycles. The molecule has 0 spiro atoms. The van der Waals surface area contributed by atoms with Crippen molar-refractivity contribution in [3.05, 3.63) is 35.9 Å². The highest BCUT2D eigenvalue weighted by Gasteiger charge is 2.20. The number of hydrogen-bond donors (Lipinski definition) is 3. The second-order valence-electron chi connectivity index (χ2n) is 5.76. The first-order valence-corrected chi connectivity index (χ1v) is 7.48. The third-order valence-electron chi connectivity index (χ3n) is 4.19. The number of pyridine rings is 1. The summed E-state index contributed by atoms with van der Waals surface area (Å²) in [5, 5.41) is 10.5. The van der Waals surface area contributed by atoms with Gasteiger partial charge in [-0.25, -0.2) is 10.8 Å². The van der Waals surface area contributed by atoms with Gasteiger partial charge in [0.2, 0.25) is 0 Å². The summed E-state index contributed by atoms with van der Waals surface area (Å²) in [6, 6.07) is 10.2. The Balaban J connectivity index is 1.85. The summed E-state index contributed by atoms with van der Waals surface area (Å²) in [5.41, 5.74) is 4.77. The Morgan fingerprint density at radius 3 is 3.05 bits per heavy atom. The molecule has 1 atom stereocenters. The number of nitrogens with one attached hydrogen (secondary N) is 1. The van der Waals surface area contributed by atoms with Gasteiger partial charge in [0.25, 0.3) is 0 Å². The van der Waals surface area contributed by atoms with Gasteiger partial charge in [-0.3, -0.25) is 4.90 Å². The van der Waals surface area contributed by atoms with E-state index in [4.69, 9.17) is 5.84 Å². The van der Waals surface area contributed by atoms with Crippen molar-refractivity contribution in [2.75, 3.05) is 25.1 Å². The molecule has 0 amide bonds. The number of para-hydroxylation sites is 1. The molecule has 21 heavy (non-hydrogen) atoms. The zero-order valence-electron chi connectivity index (χ0n) is 12.1. The summed E-state index contributed by atoms with van der Waals surface area (Å²) < 4.78 is 0. The molecule has 2 heterocycles. The molecule has 0 aliphatic carbocycles. The number of likely N-dealkylation sites (tertiary alicyclic amines) is 1. The van der Waals surface area contributed by atoms with Gasteiger partial charge >= 0.3 is 0 Å². The van der Waals surface area contributed by atoms with E-state index >= 15 is 0 Å². The summed E-state index contributed by atoms with van der Waals surface area (Å²) in [6.07, 6.45) is 2.25. The summed E-state index contributed by atoms with van der Waals surface area (Å²) in [7, 11) is 0. The number of benzene rings is 1. The first kappa shape index (κ1) is 14.3. The van der Waals surface area contributed by atoms with Crippen molar-refractivity contribution in [3.8, 4) is 0 Å². The van der Waals surface area contributed by atoms with Crippen LogP contribution < -0.4 is 11.3 Å². The average Bonchev–Trinajstić information content (AvgIpc) is 2.54. The zero-order valence-corrected chi connectivity index (χ0v) is 12.1. The van der Waals surface area contributed by atoms with Gasteiger partial charge in [0.1, 0.15) is 5.82 Å². The molecule has 2 aromatic rings. The smallest absolute Gasteiger partial charge is 0.145 e. The predicted molar refractivity (Wildman–Crippen MR) is 84.6 cm³/mol. The highest BCUT2D eigenvalue weighted by Crippen LogP contribution is 2.24. The minimum absolute atomic E-state index is 0.272. The molecule has 112 valence electrons. The number of rotatable bonds is 4. The van der Waals surface area contributed by atoms with Crippen molar-refractivity contribution in [3.63, 3.8) is 0 Å². The summed E-state index contributed by atoms with van der Waals surface area (Å²) in [5.74, 6) is 6.76. The van der Waals surface area contributed by atoms with E-state index in [9.17, 15) is 5.11 Å². The van der Waals surface area contributed by atoms with E-state index in [-0.39, 0.29) is 6.61 Å². The maximum absolute atomic E-state index is 9.35. The predicted octanol–water partition coefficient (Wildman–Crippen LogP) is 1.72. The van der Waals surface area contributed by atoms with Gasteiger partial charge in [0.15, 0.2) is 0 Å². The number of nitrogens with two attached hydrogens (primary N) is 1. The number of hydrogen-bond acceptors (Lipinski definition) is 5. The van der Waals surface area contributed by atoms with Crippen LogP contribution in [0.4, 0.5) is 5.82 Å². The number of nitrogens with zero attached hydrogens (tertiary/aromatic N) is 2. The molecular formula is C16H22N4O. The number of hydrazine groups is 1. The van der Waals surface area contributed by atoms with Crippen LogP contribution in [0.25, 0.3) is 10.9 Å². The van der Waals surface area contributed by atoms with Gasteiger partial charge in [-0.1, -0.05) is 18.2 Å². The lowest BCUT2D eigenvalue weighted by Gasteiger charge is -2.32. The third-order valence-corrected chi connectivity index (χ3v) is 4.19. The minimum atomic E-state index is 0.272. The molecular weight excluding hydrogens is 264 g/mol. The third kappa shape index (κ3) is 3.15. The van der Waals surface area contributed by atoms with Crippen LogP contribution >= 0.6 is 0 Å². The van der Waals surface area contributed by atoms with Gasteiger partial charge in [-0.05, 0) is 37.4 Å². The maximum atomic E-state index is 9.35. The maximum Gasteiger partial charge on any atom is 0.145 e. The Labute approximate surface area is 124 Å². The Hall–Kier alpha value is -1.69. The van der Waals surface area contributed by atoms with E-state index in [1.54, 1.807) is 0 Å². The number of fused-ring (bicyclic) bond motifs is 1. The van der Waals surface area contributed by atoms with E-state index in [1.807, 2.05) is 18.2 Å². The van der Waals surface area contributed by atoms with E-state index in [1.165, 1.54) is 0 Å². The number of nitrogen functional groups attached to an aromatic ring is 1. The van der Waals surface area contributed by atoms with E-state index in [0.717, 1.165) is 54.8 Å². The second kappa shape index (κ2) is 6.39. The lowest BCUT2D eigenvalue weighted by molar-refractivity contribution is 0.116. The fourth-order valence-electron chi connectivity index (χ4n) is 3.09. The number of aliphatic hydroxyl groups excluding tert-OH is 1. The van der Waals surface area contributed by atoms with Crippen LogP contribution in [-0.4, -0.2) is 34.7 Å². The van der Waals surface area contributed by atoms with Crippen molar-refractivity contribution in [2.45, 2.75) is 19.4 Å². The molecule has 0 saturated carbocycles. The molecule has 1 fully saturated rings. The molecule has 3 rings (SSSR count). The van der Waals surface area contributed by atoms with Crippen LogP contribution in [0.5, 0.6) is 0 Å². The normalized spacial score (nSPS) is 19.8. The molecule has 5 heteroatoms. The molecule has 1 unspecified atom stereocenters. The SMILES string of the molecule is NNc1nc2ccccc2cc1CN1CCCC(CO)C1. The van der Waals surface area contributed by atoms with Crippen LogP contribution in [0, 0.1) is 5.92 Å². The van der Waals surface area contributed by atoms with Crippen molar-refractivity contribution in [1.29, 1.82) is 0 Å². The Kier molecular flexibility index (Phi) is 4.34. The van der Waals surface area contributed by atoms with Gasteiger partial charge < -0.3 is 10.5 Å². The summed E-state index contributed by atoms with van der Waals surface area (Å²) in [4.78, 5) is 6.96. The van der Waals surface area contributed by atoms with Gasteiger partial charge in [0, 0.05) is 30.6 Å². The van der Waals surface area contributed by atoms with Crippen molar-refractivity contribution in [1.82, 2.24) is 9.88 Å². The van der Waals surface area contributed by atoms with Crippen LogP contribution in [0.2, 0.25) is 0 Å². The van der Waals surface area contributed by atoms with Gasteiger partial charge in [-0.15, -0.1) is 0 Å². The van der Waals surface area contributed by atoms with Gasteiger partial charge in [0.05, 0.1) is 5.52 Å². The monoisotopic (exact) mass is 286 g/mol. The largest absolute Gasteiger partial charge is 0.396 e. The van der Waals surface area contributed by atoms with E-state index in [0.29, 0.717) is 5.92 Å². The van der Waals surface area contributed by atoms with Crippen LogP contribution in [-0.2, 0) is 6.54 Å². The van der Waals surface area contributed by atoms with E-state index < -0.39 is 0 Å². The Morgan fingerprint density at radius 2 is 2.24 bits per heavy atom. The fourth-order valence-corrected chi connectivity index (χ4v) is 3.09. The molecule has 0 bridgehead atoms. The standard InChI is InChI=1S/C16H22N4O/c17-19-16-14(8-13-5-1-2-6-15(13)18-16)10-20-7-3-4-12(9-20)11-21/h1-2,5-6,8,12,21H,3-4,7,9-11,17H2,(H,18,19). The quantitative estimate of drug-likeness (QED) is 0.589. The molecule has 5 nitrogen and oxygen atoms in total. The molecule has 1 aromatic carbocycles. The molecule has 1 saturated heterocycles. The first-order valence-electron chi connectivity index (χ1n) is 7.48. The highest BCUT2D eigenvalue weighted by atomic mass is 16.3. The number of anilines is 1. The van der Waals surface area contributed by atoms with Crippen molar-refractivity contribution in [2.24, 2.45) is 11.8 Å². The molecule has 1 aromatic heterocycles. The summed E-state index contributed by atoms with van der Waals surface area (Å²) >= 11 is 0. The Bertz CT molecular complexity index is 616. The van der Waals surface area contributed by atoms with Crippen LogP contribution in [0.15, 0.2) is 30.3 Å². The molecule has 1 aliphatic rings. The minimum Gasteiger partial charge on any atom is -0.396 e. The first-order chi connectivity index (χ1) is 10.3. The number of aliphatic hydroxyl groups is 1. The lowest BCUT2D eigenvalue weighted by atomic mass is 9.98. The molecule has 0 radical (unpaired) electrons. The fraction of sp³-hybridized carbons (Fsp3) is 0.438. The number of piperidine rings is 1. The second-order valence-corrected chi connectivity index (χ2v) is 5.76. The van der Waals surface area contributed by atoms with E-state index in [2.05, 4.69) is 27.4 Å². The van der Waals surface area contributed by atoms with Crippen molar-refractivity contribution >= 4 is 16.7 Å². The van der Waals surface area contributed by atoms with Gasteiger partial charge in [-0.2, -0.15) is 0 Å². The van der Waals surface area contributed by atoms with Crippen LogP contribution in [0.3, 0.4) is 0 Å². The number of aromatic nitrogens is 1. The molecule has 4 N–H and O–H groups in total. The highest BCUT2D eigenvalue weighted by molar-refractivity contribution is 5.81. The average molecular weight is 286 g/mol. The Morgan fingerprint density at radius 1 is 1.38 bits per heavy atom. The lowest BCUT2D eigenvalue weighted by Crippen LogP contribution is -2.36. The zero-order chi connectivity index (χ0) is 14.7. The summed E-state index contributed by atoms with van der Waals surface area (Å²) in [6.45, 7) is 3.09. The van der Waals surface area contributed by atoms with Crippen molar-refractivity contribution < 1.29 is 5.11 Å². The van der Waals surface area contributed by atoms with Crippen LogP contribution in [0.1, 0.15) is 18.4 Å².